The number of carbonyl (C=O) groups excluding carboxylic acids is 7. The van der Waals surface area contributed by atoms with Crippen LogP contribution in [-0.2, 0) is 55.9 Å². The number of halogens is 1. The second-order valence-electron chi connectivity index (χ2n) is 17.5. The monoisotopic (exact) mass is 1010 g/mol. The van der Waals surface area contributed by atoms with Gasteiger partial charge in [0.15, 0.2) is 11.4 Å². The molecule has 1 aliphatic rings. The summed E-state index contributed by atoms with van der Waals surface area (Å²) in [5, 5.41) is 14.3. The summed E-state index contributed by atoms with van der Waals surface area (Å²) in [7, 11) is 0. The number of ketones is 1. The van der Waals surface area contributed by atoms with Crippen molar-refractivity contribution in [1.82, 2.24) is 31.5 Å². The van der Waals surface area contributed by atoms with Crippen LogP contribution in [0, 0.1) is 24.2 Å². The number of benzene rings is 2. The summed E-state index contributed by atoms with van der Waals surface area (Å²) in [6.07, 6.45) is 7.25. The molecular formula is C49H69IN6O9. The highest BCUT2D eigenvalue weighted by molar-refractivity contribution is 14.1. The molecule has 356 valence electrons. The lowest BCUT2D eigenvalue weighted by Crippen LogP contribution is -2.60. The molecular weight excluding hydrogens is 943 g/mol. The number of hydrogen-bond acceptors (Lipinski definition) is 10. The van der Waals surface area contributed by atoms with Gasteiger partial charge in [-0.2, -0.15) is 0 Å². The minimum Gasteiger partial charge on any atom is -0.450 e. The van der Waals surface area contributed by atoms with Crippen molar-refractivity contribution < 1.29 is 43.0 Å². The van der Waals surface area contributed by atoms with Gasteiger partial charge in [-0.25, -0.2) is 0 Å². The summed E-state index contributed by atoms with van der Waals surface area (Å²) in [5.41, 5.74) is 0.131. The highest BCUT2D eigenvalue weighted by atomic mass is 127. The van der Waals surface area contributed by atoms with Crippen molar-refractivity contribution in [2.45, 2.75) is 122 Å². The van der Waals surface area contributed by atoms with Crippen LogP contribution in [0.2, 0.25) is 0 Å². The zero-order chi connectivity index (χ0) is 47.8. The Labute approximate surface area is 398 Å². The fourth-order valence-corrected chi connectivity index (χ4v) is 7.79. The van der Waals surface area contributed by atoms with E-state index in [1.807, 2.05) is 116 Å². The number of nitrogens with zero attached hydrogens (tertiary/aromatic N) is 1. The fraction of sp³-hybridized carbons (Fsp3) is 0.571. The summed E-state index contributed by atoms with van der Waals surface area (Å²) < 4.78 is 11.3. The van der Waals surface area contributed by atoms with Crippen LogP contribution in [0.1, 0.15) is 90.7 Å². The van der Waals surface area contributed by atoms with Crippen molar-refractivity contribution in [3.8, 4) is 12.3 Å². The molecule has 0 aliphatic carbocycles. The molecule has 0 unspecified atom stereocenters. The van der Waals surface area contributed by atoms with Gasteiger partial charge in [-0.05, 0) is 62.0 Å². The summed E-state index contributed by atoms with van der Waals surface area (Å²) in [6, 6.07) is 14.4. The lowest BCUT2D eigenvalue weighted by atomic mass is 9.90. The number of ether oxygens (including phenoxy) is 2. The molecule has 0 spiro atoms. The van der Waals surface area contributed by atoms with Crippen LogP contribution in [0.4, 0.5) is 0 Å². The third-order valence-corrected chi connectivity index (χ3v) is 12.2. The number of alkyl halides is 1. The van der Waals surface area contributed by atoms with E-state index in [9.17, 15) is 33.6 Å². The normalized spacial score (nSPS) is 15.6. The third kappa shape index (κ3) is 20.5. The second-order valence-corrected chi connectivity index (χ2v) is 18.3. The quantitative estimate of drug-likeness (QED) is 0.0274. The lowest BCUT2D eigenvalue weighted by molar-refractivity contribution is -0.164. The summed E-state index contributed by atoms with van der Waals surface area (Å²) >= 11 is 1.98. The molecule has 1 heterocycles. The van der Waals surface area contributed by atoms with Gasteiger partial charge in [-0.3, -0.25) is 38.5 Å². The van der Waals surface area contributed by atoms with E-state index in [4.69, 9.17) is 15.9 Å². The first-order valence-corrected chi connectivity index (χ1v) is 24.2. The minimum absolute atomic E-state index is 0.0505. The van der Waals surface area contributed by atoms with Crippen molar-refractivity contribution in [1.29, 1.82) is 0 Å². The van der Waals surface area contributed by atoms with E-state index in [0.717, 1.165) is 11.1 Å². The van der Waals surface area contributed by atoms with E-state index in [1.165, 1.54) is 6.92 Å². The molecule has 5 atom stereocenters. The molecule has 5 amide bonds. The molecule has 0 saturated carbocycles. The fourth-order valence-electron chi connectivity index (χ4n) is 7.26. The Kier molecular flexibility index (Phi) is 24.2. The number of morpholine rings is 1. The second kappa shape index (κ2) is 28.9. The third-order valence-electron chi connectivity index (χ3n) is 10.8. The predicted octanol–water partition coefficient (Wildman–Crippen LogP) is 3.84. The lowest BCUT2D eigenvalue weighted by Gasteiger charge is -2.32. The maximum absolute atomic E-state index is 14.4. The number of hydrogen-bond donors (Lipinski definition) is 5. The highest BCUT2D eigenvalue weighted by Gasteiger charge is 2.42. The van der Waals surface area contributed by atoms with Crippen LogP contribution in [0.25, 0.3) is 0 Å². The van der Waals surface area contributed by atoms with Crippen molar-refractivity contribution in [3.63, 3.8) is 0 Å². The molecule has 3 rings (SSSR count). The van der Waals surface area contributed by atoms with Crippen LogP contribution >= 0.6 is 22.6 Å². The zero-order valence-electron chi connectivity index (χ0n) is 38.6. The molecule has 1 aliphatic heterocycles. The Hall–Kier alpha value is -4.86. The van der Waals surface area contributed by atoms with Gasteiger partial charge in [0.25, 0.3) is 0 Å². The van der Waals surface area contributed by atoms with Crippen LogP contribution in [-0.4, -0.2) is 120 Å². The SMILES string of the molecule is C#CCCC(=O)NCCCC(=O)O[C@](C)(CI)C(=O)[C@H](CC(C)C)NC(=O)[C@H](Cc1ccccc1)NC(=O)[C@H](CC(C)C)NC(=O)[C@H](CCc1ccccc1)NC(=O)CN1CCOCC1. The molecule has 0 aromatic heterocycles. The molecule has 15 nitrogen and oxygen atoms in total. The maximum atomic E-state index is 14.4. The summed E-state index contributed by atoms with van der Waals surface area (Å²) in [5.74, 6) is -1.13. The Morgan fingerprint density at radius 3 is 1.91 bits per heavy atom. The Bertz CT molecular complexity index is 1890. The van der Waals surface area contributed by atoms with Gasteiger partial charge in [0.2, 0.25) is 29.5 Å². The zero-order valence-corrected chi connectivity index (χ0v) is 40.8. The van der Waals surface area contributed by atoms with Crippen molar-refractivity contribution in [2.24, 2.45) is 11.8 Å². The van der Waals surface area contributed by atoms with E-state index in [-0.39, 0.29) is 86.1 Å². The largest absolute Gasteiger partial charge is 0.450 e. The molecule has 0 bridgehead atoms. The number of Topliss-reactive ketones (excluding diaryl/α,β-unsaturated/α-hetero) is 1. The average molecular weight is 1010 g/mol. The maximum Gasteiger partial charge on any atom is 0.306 e. The molecule has 1 fully saturated rings. The first-order valence-electron chi connectivity index (χ1n) is 22.6. The van der Waals surface area contributed by atoms with Gasteiger partial charge >= 0.3 is 5.97 Å². The summed E-state index contributed by atoms with van der Waals surface area (Å²) in [4.78, 5) is 97.4. The molecule has 2 aromatic rings. The Morgan fingerprint density at radius 1 is 0.754 bits per heavy atom. The number of amides is 5. The highest BCUT2D eigenvalue weighted by Crippen LogP contribution is 2.22. The molecule has 5 N–H and O–H groups in total. The van der Waals surface area contributed by atoms with Crippen LogP contribution < -0.4 is 26.6 Å². The smallest absolute Gasteiger partial charge is 0.306 e. The van der Waals surface area contributed by atoms with Crippen LogP contribution in [0.3, 0.4) is 0 Å². The van der Waals surface area contributed by atoms with E-state index >= 15 is 0 Å². The van der Waals surface area contributed by atoms with E-state index in [0.29, 0.717) is 39.1 Å². The number of terminal acetylenes is 1. The van der Waals surface area contributed by atoms with Gasteiger partial charge in [-0.1, -0.05) is 111 Å². The van der Waals surface area contributed by atoms with E-state index in [2.05, 4.69) is 32.5 Å². The van der Waals surface area contributed by atoms with Gasteiger partial charge in [-0.15, -0.1) is 12.3 Å². The molecule has 16 heteroatoms. The first-order chi connectivity index (χ1) is 31.0. The number of esters is 1. The number of aryl methyl sites for hydroxylation is 1. The predicted molar refractivity (Wildman–Crippen MR) is 258 cm³/mol. The van der Waals surface area contributed by atoms with Gasteiger partial charge < -0.3 is 36.1 Å². The van der Waals surface area contributed by atoms with E-state index in [1.54, 1.807) is 0 Å². The van der Waals surface area contributed by atoms with Crippen molar-refractivity contribution >= 4 is 63.9 Å². The van der Waals surface area contributed by atoms with Crippen LogP contribution in [0.5, 0.6) is 0 Å². The van der Waals surface area contributed by atoms with Gasteiger partial charge in [0.1, 0.15) is 18.1 Å². The van der Waals surface area contributed by atoms with Crippen molar-refractivity contribution in [2.75, 3.05) is 43.8 Å². The Morgan fingerprint density at radius 2 is 1.31 bits per heavy atom. The molecule has 0 radical (unpaired) electrons. The minimum atomic E-state index is -1.60. The first kappa shape index (κ1) is 54.5. The standard InChI is InChI=1S/C49H69IN6O9/c1-7-8-20-42(57)51-24-15-21-44(59)65-49(6,33-50)45(60)39(29-34(2)3)53-48(63)41(31-37-18-13-10-14-19-37)55-47(62)40(30-35(4)5)54-46(61)38(23-22-36-16-11-9-12-17-36)52-43(58)32-56-25-27-64-28-26-56/h1,9-14,16-19,34-35,38-41H,8,15,20-33H2,2-6H3,(H,51,57)(H,52,58)(H,53,63)(H,54,61)(H,55,62)/t38-,39-,40-,41-,49+/m0/s1. The van der Waals surface area contributed by atoms with E-state index < -0.39 is 59.2 Å². The molecule has 1 saturated heterocycles. The topological polar surface area (TPSA) is 201 Å². The summed E-state index contributed by atoms with van der Waals surface area (Å²) in [6.45, 7) is 11.7. The number of carbonyl (C=O) groups is 7. The average Bonchev–Trinajstić information content (AvgIpc) is 3.28. The molecule has 2 aromatic carbocycles. The van der Waals surface area contributed by atoms with Crippen LogP contribution in [0.15, 0.2) is 60.7 Å². The Balaban J connectivity index is 1.82. The number of rotatable bonds is 28. The molecule has 65 heavy (non-hydrogen) atoms. The van der Waals surface area contributed by atoms with Gasteiger partial charge in [0, 0.05) is 49.7 Å². The van der Waals surface area contributed by atoms with Crippen molar-refractivity contribution in [3.05, 3.63) is 71.8 Å². The number of nitrogens with one attached hydrogen (secondary N) is 5. The van der Waals surface area contributed by atoms with Gasteiger partial charge in [0.05, 0.1) is 25.8 Å².